The number of hydrogen-bond donors (Lipinski definition) is 1. The normalized spacial score (nSPS) is 9.74. The lowest BCUT2D eigenvalue weighted by Gasteiger charge is -2.17. The van der Waals surface area contributed by atoms with E-state index in [0.717, 1.165) is 5.69 Å². The molecular weight excluding hydrogens is 240 g/mol. The molecule has 0 unspecified atom stereocenters. The first-order valence-corrected chi connectivity index (χ1v) is 5.85. The molecule has 96 valence electrons. The molecule has 0 heterocycles. The first-order chi connectivity index (χ1) is 9.22. The minimum absolute atomic E-state index is 0.0937. The summed E-state index contributed by atoms with van der Waals surface area (Å²) in [5, 5.41) is 2.53. The van der Waals surface area contributed by atoms with Crippen LogP contribution in [0.2, 0.25) is 0 Å². The minimum atomic E-state index is -0.0937. The number of rotatable bonds is 4. The summed E-state index contributed by atoms with van der Waals surface area (Å²) in [6, 6.07) is 16.2. The molecule has 0 aliphatic carbocycles. The fraction of sp³-hybridized carbons (Fsp3) is 0.0667. The number of anilines is 2. The molecule has 0 spiro atoms. The monoisotopic (exact) mass is 254 g/mol. The zero-order chi connectivity index (χ0) is 13.7. The highest BCUT2D eigenvalue weighted by Gasteiger charge is 2.12. The highest BCUT2D eigenvalue weighted by atomic mass is 16.2. The van der Waals surface area contributed by atoms with E-state index >= 15 is 0 Å². The van der Waals surface area contributed by atoms with E-state index in [4.69, 9.17) is 0 Å². The molecule has 2 aromatic carbocycles. The van der Waals surface area contributed by atoms with Gasteiger partial charge in [0, 0.05) is 24.0 Å². The second-order valence-electron chi connectivity index (χ2n) is 4.04. The van der Waals surface area contributed by atoms with E-state index in [9.17, 15) is 9.59 Å². The smallest absolute Gasteiger partial charge is 0.258 e. The van der Waals surface area contributed by atoms with Crippen LogP contribution in [0.25, 0.3) is 0 Å². The number of amides is 2. The van der Waals surface area contributed by atoms with E-state index in [1.165, 1.54) is 0 Å². The molecule has 0 aromatic heterocycles. The lowest BCUT2D eigenvalue weighted by atomic mass is 10.1. The lowest BCUT2D eigenvalue weighted by molar-refractivity contribution is -0.105. The lowest BCUT2D eigenvalue weighted by Crippen LogP contribution is -2.26. The highest BCUT2D eigenvalue weighted by Crippen LogP contribution is 2.16. The minimum Gasteiger partial charge on any atom is -0.329 e. The summed E-state index contributed by atoms with van der Waals surface area (Å²) in [7, 11) is 1.73. The van der Waals surface area contributed by atoms with Crippen molar-refractivity contribution in [1.29, 1.82) is 0 Å². The number of para-hydroxylation sites is 1. The van der Waals surface area contributed by atoms with Crippen LogP contribution >= 0.6 is 0 Å². The zero-order valence-electron chi connectivity index (χ0n) is 10.5. The van der Waals surface area contributed by atoms with E-state index in [0.29, 0.717) is 17.7 Å². The van der Waals surface area contributed by atoms with Gasteiger partial charge in [0.25, 0.3) is 5.91 Å². The molecule has 4 heteroatoms. The average Bonchev–Trinajstić information content (AvgIpc) is 2.48. The van der Waals surface area contributed by atoms with Gasteiger partial charge in [-0.3, -0.25) is 9.59 Å². The third-order valence-corrected chi connectivity index (χ3v) is 2.81. The fourth-order valence-corrected chi connectivity index (χ4v) is 1.74. The fourth-order valence-electron chi connectivity index (χ4n) is 1.74. The van der Waals surface area contributed by atoms with E-state index in [1.54, 1.807) is 36.2 Å². The Morgan fingerprint density at radius 3 is 2.26 bits per heavy atom. The van der Waals surface area contributed by atoms with Crippen molar-refractivity contribution in [3.63, 3.8) is 0 Å². The summed E-state index contributed by atoms with van der Waals surface area (Å²) in [6.45, 7) is 0. The maximum Gasteiger partial charge on any atom is 0.258 e. The Morgan fingerprint density at radius 1 is 1.05 bits per heavy atom. The molecule has 0 aliphatic heterocycles. The van der Waals surface area contributed by atoms with Crippen LogP contribution in [-0.2, 0) is 4.79 Å². The Labute approximate surface area is 111 Å². The summed E-state index contributed by atoms with van der Waals surface area (Å²) in [6.07, 6.45) is 0.604. The Balaban J connectivity index is 2.17. The van der Waals surface area contributed by atoms with Crippen LogP contribution in [0.15, 0.2) is 54.6 Å². The van der Waals surface area contributed by atoms with Crippen LogP contribution in [0.3, 0.4) is 0 Å². The molecule has 2 aromatic rings. The van der Waals surface area contributed by atoms with Gasteiger partial charge < -0.3 is 10.2 Å². The van der Waals surface area contributed by atoms with Gasteiger partial charge in [-0.1, -0.05) is 18.2 Å². The molecule has 2 rings (SSSR count). The van der Waals surface area contributed by atoms with Crippen molar-refractivity contribution in [1.82, 2.24) is 0 Å². The van der Waals surface area contributed by atoms with E-state index in [2.05, 4.69) is 5.32 Å². The molecule has 19 heavy (non-hydrogen) atoms. The number of benzene rings is 2. The van der Waals surface area contributed by atoms with Gasteiger partial charge in [0.2, 0.25) is 6.41 Å². The van der Waals surface area contributed by atoms with Gasteiger partial charge in [-0.2, -0.15) is 0 Å². The van der Waals surface area contributed by atoms with Crippen molar-refractivity contribution in [2.75, 3.05) is 17.3 Å². The second-order valence-corrected chi connectivity index (χ2v) is 4.04. The summed E-state index contributed by atoms with van der Waals surface area (Å²) in [5.74, 6) is -0.0937. The number of nitrogens with one attached hydrogen (secondary N) is 1. The van der Waals surface area contributed by atoms with Crippen LogP contribution in [0.1, 0.15) is 10.4 Å². The standard InChI is InChI=1S/C15H14N2O2/c1-17(14-5-3-2-4-6-14)15(19)12-7-9-13(10-8-12)16-11-18/h2-11H,1H3,(H,16,18). The van der Waals surface area contributed by atoms with Crippen molar-refractivity contribution < 1.29 is 9.59 Å². The van der Waals surface area contributed by atoms with Crippen molar-refractivity contribution in [2.45, 2.75) is 0 Å². The quantitative estimate of drug-likeness (QED) is 0.852. The number of hydrogen-bond acceptors (Lipinski definition) is 2. The zero-order valence-corrected chi connectivity index (χ0v) is 10.5. The Bertz CT molecular complexity index is 564. The second kappa shape index (κ2) is 5.82. The van der Waals surface area contributed by atoms with Crippen LogP contribution in [-0.4, -0.2) is 19.4 Å². The SMILES string of the molecule is CN(C(=O)c1ccc(NC=O)cc1)c1ccccc1. The van der Waals surface area contributed by atoms with E-state index < -0.39 is 0 Å². The predicted molar refractivity (Wildman–Crippen MR) is 75.3 cm³/mol. The third kappa shape index (κ3) is 2.98. The van der Waals surface area contributed by atoms with Gasteiger partial charge in [-0.05, 0) is 36.4 Å². The van der Waals surface area contributed by atoms with Crippen LogP contribution in [0.4, 0.5) is 11.4 Å². The molecule has 1 N–H and O–H groups in total. The summed E-state index contributed by atoms with van der Waals surface area (Å²) >= 11 is 0. The Morgan fingerprint density at radius 2 is 1.68 bits per heavy atom. The largest absolute Gasteiger partial charge is 0.329 e. The maximum absolute atomic E-state index is 12.3. The molecule has 4 nitrogen and oxygen atoms in total. The van der Waals surface area contributed by atoms with Crippen LogP contribution in [0, 0.1) is 0 Å². The average molecular weight is 254 g/mol. The Hall–Kier alpha value is -2.62. The van der Waals surface area contributed by atoms with Crippen LogP contribution in [0.5, 0.6) is 0 Å². The summed E-state index contributed by atoms with van der Waals surface area (Å²) in [5.41, 5.74) is 2.07. The molecule has 0 aliphatic rings. The van der Waals surface area contributed by atoms with Crippen molar-refractivity contribution in [2.24, 2.45) is 0 Å². The first-order valence-electron chi connectivity index (χ1n) is 5.85. The number of nitrogens with zero attached hydrogens (tertiary/aromatic N) is 1. The summed E-state index contributed by atoms with van der Waals surface area (Å²) in [4.78, 5) is 24.1. The van der Waals surface area contributed by atoms with Gasteiger partial charge in [0.15, 0.2) is 0 Å². The first kappa shape index (κ1) is 12.8. The Kier molecular flexibility index (Phi) is 3.93. The molecular formula is C15H14N2O2. The van der Waals surface area contributed by atoms with E-state index in [-0.39, 0.29) is 5.91 Å². The number of carbonyl (C=O) groups excluding carboxylic acids is 2. The number of carbonyl (C=O) groups is 2. The molecule has 0 saturated heterocycles. The molecule has 0 radical (unpaired) electrons. The van der Waals surface area contributed by atoms with Gasteiger partial charge in [-0.25, -0.2) is 0 Å². The van der Waals surface area contributed by atoms with Gasteiger partial charge in [-0.15, -0.1) is 0 Å². The van der Waals surface area contributed by atoms with Crippen LogP contribution < -0.4 is 10.2 Å². The van der Waals surface area contributed by atoms with E-state index in [1.807, 2.05) is 30.3 Å². The highest BCUT2D eigenvalue weighted by molar-refractivity contribution is 6.05. The maximum atomic E-state index is 12.3. The van der Waals surface area contributed by atoms with Crippen molar-refractivity contribution in [3.8, 4) is 0 Å². The van der Waals surface area contributed by atoms with Gasteiger partial charge in [0.05, 0.1) is 0 Å². The predicted octanol–water partition coefficient (Wildman–Crippen LogP) is 2.53. The van der Waals surface area contributed by atoms with Gasteiger partial charge in [0.1, 0.15) is 0 Å². The summed E-state index contributed by atoms with van der Waals surface area (Å²) < 4.78 is 0. The molecule has 0 saturated carbocycles. The van der Waals surface area contributed by atoms with Crippen molar-refractivity contribution >= 4 is 23.7 Å². The van der Waals surface area contributed by atoms with Crippen molar-refractivity contribution in [3.05, 3.63) is 60.2 Å². The third-order valence-electron chi connectivity index (χ3n) is 2.81. The molecule has 0 atom stereocenters. The van der Waals surface area contributed by atoms with Gasteiger partial charge >= 0.3 is 0 Å². The molecule has 0 bridgehead atoms. The molecule has 2 amide bonds. The topological polar surface area (TPSA) is 49.4 Å². The molecule has 0 fully saturated rings.